The number of thiazole rings is 1. The van der Waals surface area contributed by atoms with Gasteiger partial charge in [0.1, 0.15) is 12.7 Å². The second-order valence-corrected chi connectivity index (χ2v) is 8.46. The van der Waals surface area contributed by atoms with E-state index in [0.717, 1.165) is 5.69 Å². The van der Waals surface area contributed by atoms with Crippen molar-refractivity contribution in [3.63, 3.8) is 0 Å². The second-order valence-electron chi connectivity index (χ2n) is 7.61. The summed E-state index contributed by atoms with van der Waals surface area (Å²) in [5.74, 6) is -0.368. The Morgan fingerprint density at radius 2 is 1.91 bits per heavy atom. The summed E-state index contributed by atoms with van der Waals surface area (Å²) < 4.78 is 10.9. The van der Waals surface area contributed by atoms with Gasteiger partial charge in [-0.3, -0.25) is 19.3 Å². The molecule has 0 aliphatic carbocycles. The number of hydrogen-bond acceptors (Lipinski definition) is 7. The molecule has 2 aliphatic heterocycles. The lowest BCUT2D eigenvalue weighted by atomic mass is 10.0. The molecule has 5 rings (SSSR count). The van der Waals surface area contributed by atoms with Crippen LogP contribution < -0.4 is 19.7 Å². The highest BCUT2D eigenvalue weighted by Crippen LogP contribution is 2.49. The van der Waals surface area contributed by atoms with E-state index in [4.69, 9.17) is 9.47 Å². The lowest BCUT2D eigenvalue weighted by molar-refractivity contribution is -0.117. The Bertz CT molecular complexity index is 1300. The van der Waals surface area contributed by atoms with Gasteiger partial charge in [-0.25, -0.2) is 4.98 Å². The van der Waals surface area contributed by atoms with Gasteiger partial charge < -0.3 is 19.7 Å². The van der Waals surface area contributed by atoms with E-state index < -0.39 is 12.1 Å². The van der Waals surface area contributed by atoms with Gasteiger partial charge in [-0.1, -0.05) is 18.2 Å². The third-order valence-corrected chi connectivity index (χ3v) is 6.54. The average molecular weight is 465 g/mol. The maximum Gasteiger partial charge on any atom is 0.264 e. The van der Waals surface area contributed by atoms with Gasteiger partial charge >= 0.3 is 0 Å². The summed E-state index contributed by atoms with van der Waals surface area (Å²) in [5.41, 5.74) is 2.51. The third-order valence-electron chi connectivity index (χ3n) is 5.66. The van der Waals surface area contributed by atoms with Crippen LogP contribution in [0, 0.1) is 6.92 Å². The van der Waals surface area contributed by atoms with Crippen LogP contribution in [-0.4, -0.2) is 48.4 Å². The number of aromatic nitrogens is 1. The van der Waals surface area contributed by atoms with E-state index in [1.54, 1.807) is 36.4 Å². The molecule has 1 atom stereocenters. The van der Waals surface area contributed by atoms with Crippen LogP contribution in [0.25, 0.3) is 0 Å². The van der Waals surface area contributed by atoms with Crippen molar-refractivity contribution in [3.05, 3.63) is 64.2 Å². The molecule has 0 spiro atoms. The summed E-state index contributed by atoms with van der Waals surface area (Å²) in [5, 5.41) is 5.01. The first-order chi connectivity index (χ1) is 15.9. The van der Waals surface area contributed by atoms with Gasteiger partial charge in [-0.2, -0.15) is 0 Å². The number of amides is 3. The van der Waals surface area contributed by atoms with Crippen molar-refractivity contribution in [2.45, 2.75) is 13.1 Å². The van der Waals surface area contributed by atoms with Gasteiger partial charge in [0.15, 0.2) is 16.6 Å². The third kappa shape index (κ3) is 3.21. The predicted octanol–water partition coefficient (Wildman–Crippen LogP) is 3.22. The Kier molecular flexibility index (Phi) is 5.01. The number of fused-ring (bicyclic) bond motifs is 5. The molecule has 9 nitrogen and oxygen atoms in total. The standard InChI is InChI=1S/C23H20N4O5S/c1-12-11-33-23(24-12)25-17(28)10-26-20-14-8-9-16(31-2)19(32-3)18(14)22(30)27(20)15-7-5-4-6-13(15)21(26)29/h4-9,11,20H,10H2,1-3H3,(H,24,25,28). The minimum absolute atomic E-state index is 0.256. The monoisotopic (exact) mass is 464 g/mol. The molecule has 2 aliphatic rings. The topological polar surface area (TPSA) is 101 Å². The summed E-state index contributed by atoms with van der Waals surface area (Å²) in [6.45, 7) is 1.58. The van der Waals surface area contributed by atoms with Gasteiger partial charge in [0.25, 0.3) is 11.8 Å². The van der Waals surface area contributed by atoms with E-state index in [-0.39, 0.29) is 18.4 Å². The quantitative estimate of drug-likeness (QED) is 0.622. The SMILES string of the molecule is COc1ccc2c(c1OC)C(=O)N1c3ccccc3C(=O)N(CC(=O)Nc3nc(C)cs3)C21. The van der Waals surface area contributed by atoms with Crippen LogP contribution in [0.4, 0.5) is 10.8 Å². The predicted molar refractivity (Wildman–Crippen MR) is 122 cm³/mol. The fourth-order valence-electron chi connectivity index (χ4n) is 4.31. The molecule has 0 bridgehead atoms. The first-order valence-electron chi connectivity index (χ1n) is 10.1. The summed E-state index contributed by atoms with van der Waals surface area (Å²) >= 11 is 1.31. The summed E-state index contributed by atoms with van der Waals surface area (Å²) in [7, 11) is 2.95. The van der Waals surface area contributed by atoms with Crippen LogP contribution in [0.15, 0.2) is 41.8 Å². The Labute approximate surface area is 193 Å². The van der Waals surface area contributed by atoms with Crippen molar-refractivity contribution in [3.8, 4) is 11.5 Å². The molecule has 3 amide bonds. The van der Waals surface area contributed by atoms with Gasteiger partial charge in [-0.05, 0) is 25.1 Å². The van der Waals surface area contributed by atoms with E-state index in [2.05, 4.69) is 10.3 Å². The van der Waals surface area contributed by atoms with Crippen molar-refractivity contribution < 1.29 is 23.9 Å². The first kappa shape index (κ1) is 21.0. The van der Waals surface area contributed by atoms with Gasteiger partial charge in [0.2, 0.25) is 5.91 Å². The molecule has 1 unspecified atom stereocenters. The van der Waals surface area contributed by atoms with Crippen LogP contribution >= 0.6 is 11.3 Å². The maximum atomic E-state index is 13.6. The maximum absolute atomic E-state index is 13.6. The fourth-order valence-corrected chi connectivity index (χ4v) is 5.01. The van der Waals surface area contributed by atoms with Gasteiger partial charge in [0, 0.05) is 10.9 Å². The van der Waals surface area contributed by atoms with Crippen LogP contribution in [0.1, 0.15) is 38.1 Å². The molecule has 168 valence electrons. The largest absolute Gasteiger partial charge is 0.493 e. The van der Waals surface area contributed by atoms with Crippen molar-refractivity contribution in [2.75, 3.05) is 31.0 Å². The number of hydrogen-bond donors (Lipinski definition) is 1. The summed E-state index contributed by atoms with van der Waals surface area (Å²) in [6, 6.07) is 10.3. The van der Waals surface area contributed by atoms with E-state index in [9.17, 15) is 14.4 Å². The zero-order valence-electron chi connectivity index (χ0n) is 18.1. The highest BCUT2D eigenvalue weighted by molar-refractivity contribution is 7.13. The first-order valence-corrected chi connectivity index (χ1v) is 11.0. The number of aryl methyl sites for hydroxylation is 1. The fraction of sp³-hybridized carbons (Fsp3) is 0.217. The number of ether oxygens (including phenoxy) is 2. The highest BCUT2D eigenvalue weighted by Gasteiger charge is 2.50. The van der Waals surface area contributed by atoms with Crippen molar-refractivity contribution >= 4 is 39.9 Å². The van der Waals surface area contributed by atoms with Crippen molar-refractivity contribution in [2.24, 2.45) is 0 Å². The molecule has 0 saturated heterocycles. The number of rotatable bonds is 5. The Hall–Kier alpha value is -3.92. The highest BCUT2D eigenvalue weighted by atomic mass is 32.1. The molecule has 0 radical (unpaired) electrons. The molecule has 3 aromatic rings. The van der Waals surface area contributed by atoms with E-state index in [1.165, 1.54) is 35.4 Å². The van der Waals surface area contributed by atoms with Gasteiger partial charge in [-0.15, -0.1) is 11.3 Å². The van der Waals surface area contributed by atoms with Crippen molar-refractivity contribution in [1.29, 1.82) is 0 Å². The molecule has 0 fully saturated rings. The molecule has 33 heavy (non-hydrogen) atoms. The van der Waals surface area contributed by atoms with E-state index in [1.807, 2.05) is 12.3 Å². The van der Waals surface area contributed by atoms with E-state index >= 15 is 0 Å². The molecule has 10 heteroatoms. The molecule has 2 aromatic carbocycles. The molecular formula is C23H20N4O5S. The van der Waals surface area contributed by atoms with Crippen LogP contribution in [0.2, 0.25) is 0 Å². The average Bonchev–Trinajstić information content (AvgIpc) is 3.36. The van der Waals surface area contributed by atoms with Crippen LogP contribution in [0.3, 0.4) is 0 Å². The van der Waals surface area contributed by atoms with Crippen LogP contribution in [0.5, 0.6) is 11.5 Å². The number of para-hydroxylation sites is 1. The number of anilines is 2. The molecule has 0 saturated carbocycles. The number of methoxy groups -OCH3 is 2. The molecule has 1 N–H and O–H groups in total. The Morgan fingerprint density at radius 1 is 1.12 bits per heavy atom. The molecular weight excluding hydrogens is 444 g/mol. The zero-order chi connectivity index (χ0) is 23.3. The number of carbonyl (C=O) groups excluding carboxylic acids is 3. The lowest BCUT2D eigenvalue weighted by Crippen LogP contribution is -2.50. The summed E-state index contributed by atoms with van der Waals surface area (Å²) in [6.07, 6.45) is -0.793. The number of nitrogens with one attached hydrogen (secondary N) is 1. The van der Waals surface area contributed by atoms with Crippen molar-refractivity contribution in [1.82, 2.24) is 9.88 Å². The molecule has 3 heterocycles. The number of carbonyl (C=O) groups is 3. The number of benzene rings is 2. The minimum Gasteiger partial charge on any atom is -0.493 e. The Morgan fingerprint density at radius 3 is 2.61 bits per heavy atom. The minimum atomic E-state index is -0.793. The Balaban J connectivity index is 1.60. The van der Waals surface area contributed by atoms with Crippen LogP contribution in [-0.2, 0) is 4.79 Å². The second kappa shape index (κ2) is 7.89. The number of nitrogens with zero attached hydrogens (tertiary/aromatic N) is 3. The summed E-state index contributed by atoms with van der Waals surface area (Å²) in [4.78, 5) is 47.1. The smallest absolute Gasteiger partial charge is 0.264 e. The zero-order valence-corrected chi connectivity index (χ0v) is 18.9. The van der Waals surface area contributed by atoms with Gasteiger partial charge in [0.05, 0.1) is 36.7 Å². The molecule has 1 aromatic heterocycles. The lowest BCUT2D eigenvalue weighted by Gasteiger charge is -2.40. The normalized spacial score (nSPS) is 16.3. The van der Waals surface area contributed by atoms with E-state index in [0.29, 0.717) is 39.0 Å².